The molecule has 0 spiro atoms. The minimum Gasteiger partial charge on any atom is -0.497 e. The molecule has 216 valence electrons. The lowest BCUT2D eigenvalue weighted by Crippen LogP contribution is -2.33. The Kier molecular flexibility index (Phi) is 8.31. The van der Waals surface area contributed by atoms with Gasteiger partial charge in [-0.1, -0.05) is 67.1 Å². The highest BCUT2D eigenvalue weighted by Crippen LogP contribution is 2.39. The quantitative estimate of drug-likeness (QED) is 0.179. The summed E-state index contributed by atoms with van der Waals surface area (Å²) in [6, 6.07) is 32.5. The van der Waals surface area contributed by atoms with Crippen LogP contribution in [-0.2, 0) is 10.0 Å². The molecule has 0 bridgehead atoms. The summed E-state index contributed by atoms with van der Waals surface area (Å²) in [6.45, 7) is 3.90. The third-order valence-corrected chi connectivity index (χ3v) is 9.80. The van der Waals surface area contributed by atoms with Gasteiger partial charge in [0, 0.05) is 24.0 Å². The molecule has 0 N–H and O–H groups in total. The van der Waals surface area contributed by atoms with Crippen LogP contribution in [0.25, 0.3) is 10.9 Å². The fourth-order valence-electron chi connectivity index (χ4n) is 5.89. The predicted molar refractivity (Wildman–Crippen MR) is 167 cm³/mol. The molecule has 6 nitrogen and oxygen atoms in total. The lowest BCUT2D eigenvalue weighted by atomic mass is 9.85. The summed E-state index contributed by atoms with van der Waals surface area (Å²) >= 11 is 0. The minimum atomic E-state index is -3.81. The zero-order valence-electron chi connectivity index (χ0n) is 23.9. The molecule has 0 radical (unpaired) electrons. The molecule has 1 fully saturated rings. The predicted octanol–water partition coefficient (Wildman–Crippen LogP) is 6.93. The van der Waals surface area contributed by atoms with Crippen molar-refractivity contribution in [2.24, 2.45) is 0 Å². The van der Waals surface area contributed by atoms with E-state index >= 15 is 0 Å². The molecule has 7 heteroatoms. The molecule has 1 unspecified atom stereocenters. The van der Waals surface area contributed by atoms with E-state index < -0.39 is 10.0 Å². The SMILES string of the molecule is COc1ccc(C(c2ccc(OCCN3CCCCC3)cc2)c2cn(S(=O)(=O)c3ccccc3)c3ccccc23)cc1. The van der Waals surface area contributed by atoms with Gasteiger partial charge in [0.15, 0.2) is 0 Å². The van der Waals surface area contributed by atoms with Crippen molar-refractivity contribution in [2.75, 3.05) is 33.4 Å². The molecule has 1 atom stereocenters. The summed E-state index contributed by atoms with van der Waals surface area (Å²) < 4.78 is 40.6. The normalized spacial score (nSPS) is 15.0. The lowest BCUT2D eigenvalue weighted by molar-refractivity contribution is 0.183. The Morgan fingerprint density at radius 2 is 1.36 bits per heavy atom. The lowest BCUT2D eigenvalue weighted by Gasteiger charge is -2.26. The van der Waals surface area contributed by atoms with Crippen LogP contribution >= 0.6 is 0 Å². The van der Waals surface area contributed by atoms with Crippen molar-refractivity contribution in [3.8, 4) is 11.5 Å². The maximum atomic E-state index is 13.8. The number of nitrogens with zero attached hydrogens (tertiary/aromatic N) is 2. The number of fused-ring (bicyclic) bond motifs is 1. The van der Waals surface area contributed by atoms with E-state index in [1.54, 1.807) is 37.6 Å². The summed E-state index contributed by atoms with van der Waals surface area (Å²) in [5, 5.41) is 0.889. The van der Waals surface area contributed by atoms with Crippen LogP contribution in [0.2, 0.25) is 0 Å². The first kappa shape index (κ1) is 28.1. The van der Waals surface area contributed by atoms with E-state index in [9.17, 15) is 8.42 Å². The van der Waals surface area contributed by atoms with Gasteiger partial charge in [0.1, 0.15) is 18.1 Å². The molecule has 42 heavy (non-hydrogen) atoms. The second-order valence-corrected chi connectivity index (χ2v) is 12.6. The van der Waals surface area contributed by atoms with Crippen LogP contribution in [0.3, 0.4) is 0 Å². The van der Waals surface area contributed by atoms with E-state index in [0.29, 0.717) is 12.1 Å². The second kappa shape index (κ2) is 12.4. The van der Waals surface area contributed by atoms with Crippen LogP contribution < -0.4 is 9.47 Å². The summed E-state index contributed by atoms with van der Waals surface area (Å²) in [7, 11) is -2.16. The van der Waals surface area contributed by atoms with E-state index in [-0.39, 0.29) is 10.8 Å². The number of ether oxygens (including phenoxy) is 2. The molecule has 1 aliphatic heterocycles. The summed E-state index contributed by atoms with van der Waals surface area (Å²) in [5.74, 6) is 1.39. The third kappa shape index (κ3) is 5.80. The standard InChI is InChI=1S/C35H36N2O4S/c1-40-29-18-14-27(15-19-29)35(28-16-20-30(21-17-28)41-25-24-36-22-8-3-9-23-36)33-26-37(34-13-7-6-12-32(33)34)42(38,39)31-10-4-2-5-11-31/h2,4-7,10-21,26,35H,3,8-9,22-25H2,1H3. The van der Waals surface area contributed by atoms with Gasteiger partial charge in [-0.3, -0.25) is 4.90 Å². The second-order valence-electron chi connectivity index (χ2n) is 10.7. The Hall–Kier alpha value is -4.07. The molecule has 2 heterocycles. The van der Waals surface area contributed by atoms with Gasteiger partial charge in [-0.05, 0) is 85.1 Å². The van der Waals surface area contributed by atoms with Crippen molar-refractivity contribution in [3.05, 3.63) is 126 Å². The van der Waals surface area contributed by atoms with Crippen LogP contribution in [-0.4, -0.2) is 50.6 Å². The third-order valence-electron chi connectivity index (χ3n) is 8.11. The monoisotopic (exact) mass is 580 g/mol. The molecule has 4 aromatic carbocycles. The largest absolute Gasteiger partial charge is 0.497 e. The average molecular weight is 581 g/mol. The van der Waals surface area contributed by atoms with Gasteiger partial charge in [-0.25, -0.2) is 12.4 Å². The molecular formula is C35H36N2O4S. The van der Waals surface area contributed by atoms with Gasteiger partial charge >= 0.3 is 0 Å². The molecule has 0 amide bonds. The topological polar surface area (TPSA) is 60.8 Å². The fraction of sp³-hybridized carbons (Fsp3) is 0.257. The zero-order chi connectivity index (χ0) is 28.9. The number of likely N-dealkylation sites (tertiary alicyclic amines) is 1. The average Bonchev–Trinajstić information content (AvgIpc) is 3.43. The van der Waals surface area contributed by atoms with Crippen molar-refractivity contribution in [3.63, 3.8) is 0 Å². The molecule has 0 aliphatic carbocycles. The Morgan fingerprint density at radius 3 is 2.02 bits per heavy atom. The summed E-state index contributed by atoms with van der Waals surface area (Å²) in [4.78, 5) is 2.72. The Morgan fingerprint density at radius 1 is 0.738 bits per heavy atom. The van der Waals surface area contributed by atoms with Crippen molar-refractivity contribution < 1.29 is 17.9 Å². The Labute approximate surface area is 248 Å². The maximum Gasteiger partial charge on any atom is 0.268 e. The van der Waals surface area contributed by atoms with Gasteiger partial charge in [-0.2, -0.15) is 0 Å². The number of piperidine rings is 1. The summed E-state index contributed by atoms with van der Waals surface area (Å²) in [6.07, 6.45) is 5.64. The maximum absolute atomic E-state index is 13.8. The van der Waals surface area contributed by atoms with Crippen LogP contribution in [0, 0.1) is 0 Å². The van der Waals surface area contributed by atoms with E-state index in [1.807, 2.05) is 66.7 Å². The molecular weight excluding hydrogens is 544 g/mol. The van der Waals surface area contributed by atoms with Crippen molar-refractivity contribution in [1.29, 1.82) is 0 Å². The van der Waals surface area contributed by atoms with E-state index in [0.717, 1.165) is 53.2 Å². The van der Waals surface area contributed by atoms with Gasteiger partial charge in [0.05, 0.1) is 17.5 Å². The molecule has 5 aromatic rings. The fourth-order valence-corrected chi connectivity index (χ4v) is 7.29. The van der Waals surface area contributed by atoms with Crippen LogP contribution in [0.5, 0.6) is 11.5 Å². The van der Waals surface area contributed by atoms with Gasteiger partial charge in [0.25, 0.3) is 10.0 Å². The molecule has 1 aliphatic rings. The number of para-hydroxylation sites is 1. The number of hydrogen-bond donors (Lipinski definition) is 0. The summed E-state index contributed by atoms with van der Waals surface area (Å²) in [5.41, 5.74) is 3.64. The number of benzene rings is 4. The number of aromatic nitrogens is 1. The van der Waals surface area contributed by atoms with Crippen molar-refractivity contribution >= 4 is 20.9 Å². The number of hydrogen-bond acceptors (Lipinski definition) is 5. The smallest absolute Gasteiger partial charge is 0.268 e. The molecule has 6 rings (SSSR count). The van der Waals surface area contributed by atoms with Gasteiger partial charge < -0.3 is 9.47 Å². The van der Waals surface area contributed by atoms with Crippen LogP contribution in [0.1, 0.15) is 41.9 Å². The first-order valence-corrected chi connectivity index (χ1v) is 16.0. The minimum absolute atomic E-state index is 0.213. The molecule has 1 aromatic heterocycles. The molecule has 0 saturated carbocycles. The van der Waals surface area contributed by atoms with E-state index in [1.165, 1.54) is 23.2 Å². The van der Waals surface area contributed by atoms with Gasteiger partial charge in [0.2, 0.25) is 0 Å². The zero-order valence-corrected chi connectivity index (χ0v) is 24.7. The van der Waals surface area contributed by atoms with Crippen LogP contribution in [0.15, 0.2) is 114 Å². The van der Waals surface area contributed by atoms with E-state index in [2.05, 4.69) is 17.0 Å². The first-order valence-electron chi connectivity index (χ1n) is 14.5. The number of methoxy groups -OCH3 is 1. The highest BCUT2D eigenvalue weighted by Gasteiger charge is 2.26. The molecule has 1 saturated heterocycles. The Bertz CT molecular complexity index is 1720. The van der Waals surface area contributed by atoms with Crippen molar-refractivity contribution in [1.82, 2.24) is 8.87 Å². The van der Waals surface area contributed by atoms with Crippen LogP contribution in [0.4, 0.5) is 0 Å². The highest BCUT2D eigenvalue weighted by atomic mass is 32.2. The van der Waals surface area contributed by atoms with Gasteiger partial charge in [-0.15, -0.1) is 0 Å². The Balaban J connectivity index is 1.38. The highest BCUT2D eigenvalue weighted by molar-refractivity contribution is 7.90. The number of rotatable bonds is 10. The van der Waals surface area contributed by atoms with Crippen molar-refractivity contribution in [2.45, 2.75) is 30.1 Å². The first-order chi connectivity index (χ1) is 20.5. The van der Waals surface area contributed by atoms with E-state index in [4.69, 9.17) is 9.47 Å².